The van der Waals surface area contributed by atoms with Gasteiger partial charge in [-0.25, -0.2) is 12.8 Å². The minimum atomic E-state index is -4.10. The standard InChI is InChI=1S/C28H30ClFN2O4S/c1-31(19-22-8-3-2-4-9-22)27(33)18-28(21-36-24-14-12-23(29)13-15-24)16-7-17-32(20-28)37(34,35)26-11-6-5-10-25(26)30/h2-6,8-15H,7,16-21H2,1H3. The predicted molar refractivity (Wildman–Crippen MR) is 141 cm³/mol. The number of carbonyl (C=O) groups excluding carboxylic acids is 1. The number of hydrogen-bond donors (Lipinski definition) is 0. The Kier molecular flexibility index (Phi) is 8.52. The lowest BCUT2D eigenvalue weighted by molar-refractivity contribution is -0.134. The molecular formula is C28H30ClFN2O4S. The van der Waals surface area contributed by atoms with Crippen molar-refractivity contribution >= 4 is 27.5 Å². The van der Waals surface area contributed by atoms with Crippen LogP contribution in [0, 0.1) is 11.2 Å². The second-order valence-electron chi connectivity index (χ2n) is 9.53. The molecule has 0 saturated carbocycles. The molecule has 9 heteroatoms. The maximum Gasteiger partial charge on any atom is 0.246 e. The number of nitrogens with zero attached hydrogens (tertiary/aromatic N) is 2. The topological polar surface area (TPSA) is 66.9 Å². The first-order valence-electron chi connectivity index (χ1n) is 12.1. The van der Waals surface area contributed by atoms with Crippen LogP contribution in [-0.2, 0) is 21.4 Å². The number of sulfonamides is 1. The summed E-state index contributed by atoms with van der Waals surface area (Å²) < 4.78 is 48.6. The quantitative estimate of drug-likeness (QED) is 0.363. The van der Waals surface area contributed by atoms with Crippen LogP contribution in [0.15, 0.2) is 83.8 Å². The monoisotopic (exact) mass is 544 g/mol. The van der Waals surface area contributed by atoms with Gasteiger partial charge in [0, 0.05) is 43.5 Å². The van der Waals surface area contributed by atoms with Gasteiger partial charge in [-0.2, -0.15) is 4.31 Å². The van der Waals surface area contributed by atoms with E-state index in [1.165, 1.54) is 22.5 Å². The third-order valence-electron chi connectivity index (χ3n) is 6.65. The highest BCUT2D eigenvalue weighted by atomic mass is 35.5. The van der Waals surface area contributed by atoms with Crippen LogP contribution >= 0.6 is 11.6 Å². The van der Waals surface area contributed by atoms with E-state index in [1.807, 2.05) is 30.3 Å². The van der Waals surface area contributed by atoms with Crippen LogP contribution in [-0.4, -0.2) is 50.3 Å². The molecule has 0 aliphatic carbocycles. The molecule has 0 N–H and O–H groups in total. The SMILES string of the molecule is CN(Cc1ccccc1)C(=O)CC1(COc2ccc(Cl)cc2)CCCN(S(=O)(=O)c2ccccc2F)C1. The summed E-state index contributed by atoms with van der Waals surface area (Å²) in [6, 6.07) is 21.9. The smallest absolute Gasteiger partial charge is 0.246 e. The van der Waals surface area contributed by atoms with Crippen LogP contribution in [0.1, 0.15) is 24.8 Å². The zero-order valence-electron chi connectivity index (χ0n) is 20.6. The molecule has 1 aliphatic rings. The molecule has 1 amide bonds. The van der Waals surface area contributed by atoms with Gasteiger partial charge in [0.15, 0.2) is 0 Å². The first kappa shape index (κ1) is 27.1. The van der Waals surface area contributed by atoms with Crippen molar-refractivity contribution in [2.45, 2.75) is 30.7 Å². The molecule has 1 atom stereocenters. The Labute approximate surface area is 222 Å². The summed E-state index contributed by atoms with van der Waals surface area (Å²) in [5.41, 5.74) is 0.204. The number of amides is 1. The van der Waals surface area contributed by atoms with Crippen molar-refractivity contribution in [1.82, 2.24) is 9.21 Å². The molecule has 1 aliphatic heterocycles. The van der Waals surface area contributed by atoms with Crippen LogP contribution in [0.25, 0.3) is 0 Å². The molecule has 1 heterocycles. The van der Waals surface area contributed by atoms with E-state index >= 15 is 0 Å². The van der Waals surface area contributed by atoms with Crippen LogP contribution in [0.4, 0.5) is 4.39 Å². The number of hydrogen-bond acceptors (Lipinski definition) is 4. The van der Waals surface area contributed by atoms with E-state index < -0.39 is 21.3 Å². The molecule has 3 aromatic rings. The van der Waals surface area contributed by atoms with Crippen molar-refractivity contribution in [2.75, 3.05) is 26.7 Å². The van der Waals surface area contributed by atoms with Gasteiger partial charge in [0.25, 0.3) is 0 Å². The molecular weight excluding hydrogens is 515 g/mol. The third-order valence-corrected chi connectivity index (χ3v) is 8.78. The fraction of sp³-hybridized carbons (Fsp3) is 0.321. The number of halogens is 2. The molecule has 1 unspecified atom stereocenters. The van der Waals surface area contributed by atoms with Gasteiger partial charge < -0.3 is 9.64 Å². The van der Waals surface area contributed by atoms with Gasteiger partial charge in [-0.1, -0.05) is 54.1 Å². The summed E-state index contributed by atoms with van der Waals surface area (Å²) in [5.74, 6) is -0.341. The Morgan fingerprint density at radius 1 is 1.05 bits per heavy atom. The van der Waals surface area contributed by atoms with Gasteiger partial charge in [0.1, 0.15) is 16.5 Å². The van der Waals surface area contributed by atoms with Gasteiger partial charge in [-0.15, -0.1) is 0 Å². The predicted octanol–water partition coefficient (Wildman–Crippen LogP) is 5.38. The van der Waals surface area contributed by atoms with Crippen LogP contribution in [0.2, 0.25) is 5.02 Å². The lowest BCUT2D eigenvalue weighted by Crippen LogP contribution is -2.50. The summed E-state index contributed by atoms with van der Waals surface area (Å²) in [4.78, 5) is 14.7. The Morgan fingerprint density at radius 2 is 1.73 bits per heavy atom. The van der Waals surface area contributed by atoms with Gasteiger partial charge in [0.2, 0.25) is 15.9 Å². The van der Waals surface area contributed by atoms with Gasteiger partial charge in [-0.3, -0.25) is 4.79 Å². The summed E-state index contributed by atoms with van der Waals surface area (Å²) in [6.45, 7) is 0.851. The molecule has 37 heavy (non-hydrogen) atoms. The van der Waals surface area contributed by atoms with E-state index in [0.29, 0.717) is 30.2 Å². The molecule has 0 radical (unpaired) electrons. The second-order valence-corrected chi connectivity index (χ2v) is 11.9. The number of ether oxygens (including phenoxy) is 1. The molecule has 0 spiro atoms. The van der Waals surface area contributed by atoms with E-state index in [9.17, 15) is 17.6 Å². The zero-order chi connectivity index (χ0) is 26.5. The van der Waals surface area contributed by atoms with E-state index in [-0.39, 0.29) is 36.9 Å². The maximum absolute atomic E-state index is 14.5. The summed E-state index contributed by atoms with van der Waals surface area (Å²) in [5, 5.41) is 0.569. The Morgan fingerprint density at radius 3 is 2.43 bits per heavy atom. The zero-order valence-corrected chi connectivity index (χ0v) is 22.2. The van der Waals surface area contributed by atoms with Gasteiger partial charge >= 0.3 is 0 Å². The highest BCUT2D eigenvalue weighted by molar-refractivity contribution is 7.89. The molecule has 1 fully saturated rings. The number of piperidine rings is 1. The Hall–Kier alpha value is -2.94. The van der Waals surface area contributed by atoms with Crippen molar-refractivity contribution in [3.05, 3.63) is 95.3 Å². The van der Waals surface area contributed by atoms with Gasteiger partial charge in [-0.05, 0) is 54.8 Å². The minimum Gasteiger partial charge on any atom is -0.493 e. The fourth-order valence-electron chi connectivity index (χ4n) is 4.64. The fourth-order valence-corrected chi connectivity index (χ4v) is 6.42. The van der Waals surface area contributed by atoms with Crippen LogP contribution in [0.5, 0.6) is 5.75 Å². The Balaban J connectivity index is 1.58. The number of benzene rings is 3. The van der Waals surface area contributed by atoms with E-state index in [0.717, 1.165) is 11.6 Å². The molecule has 1 saturated heterocycles. The third kappa shape index (κ3) is 6.69. The molecule has 3 aromatic carbocycles. The molecule has 0 bridgehead atoms. The average molecular weight is 545 g/mol. The second kappa shape index (κ2) is 11.6. The number of carbonyl (C=O) groups is 1. The highest BCUT2D eigenvalue weighted by Gasteiger charge is 2.43. The van der Waals surface area contributed by atoms with Crippen molar-refractivity contribution in [3.8, 4) is 5.75 Å². The lowest BCUT2D eigenvalue weighted by atomic mass is 9.78. The summed E-state index contributed by atoms with van der Waals surface area (Å²) in [6.07, 6.45) is 1.20. The van der Waals surface area contributed by atoms with Crippen molar-refractivity contribution in [2.24, 2.45) is 5.41 Å². The number of rotatable bonds is 9. The molecule has 6 nitrogen and oxygen atoms in total. The van der Waals surface area contributed by atoms with E-state index in [1.54, 1.807) is 36.2 Å². The Bertz CT molecular complexity index is 1320. The van der Waals surface area contributed by atoms with Crippen molar-refractivity contribution in [1.29, 1.82) is 0 Å². The van der Waals surface area contributed by atoms with E-state index in [2.05, 4.69) is 0 Å². The first-order valence-corrected chi connectivity index (χ1v) is 13.9. The van der Waals surface area contributed by atoms with Crippen LogP contribution in [0.3, 0.4) is 0 Å². The molecule has 196 valence electrons. The minimum absolute atomic E-state index is 0.0438. The maximum atomic E-state index is 14.5. The van der Waals surface area contributed by atoms with Crippen molar-refractivity contribution in [3.63, 3.8) is 0 Å². The van der Waals surface area contributed by atoms with Crippen LogP contribution < -0.4 is 4.74 Å². The first-order chi connectivity index (χ1) is 17.7. The normalized spacial score (nSPS) is 18.4. The summed E-state index contributed by atoms with van der Waals surface area (Å²) in [7, 11) is -2.36. The van der Waals surface area contributed by atoms with Gasteiger partial charge in [0.05, 0.1) is 6.61 Å². The molecule has 4 rings (SSSR count). The lowest BCUT2D eigenvalue weighted by Gasteiger charge is -2.42. The molecule has 0 aromatic heterocycles. The highest BCUT2D eigenvalue weighted by Crippen LogP contribution is 2.38. The van der Waals surface area contributed by atoms with E-state index in [4.69, 9.17) is 16.3 Å². The largest absolute Gasteiger partial charge is 0.493 e. The van der Waals surface area contributed by atoms with Crippen molar-refractivity contribution < 1.29 is 22.3 Å². The average Bonchev–Trinajstić information content (AvgIpc) is 2.89. The summed E-state index contributed by atoms with van der Waals surface area (Å²) >= 11 is 5.99.